The van der Waals surface area contributed by atoms with Gasteiger partial charge in [-0.25, -0.2) is 8.42 Å². The molecule has 0 radical (unpaired) electrons. The van der Waals surface area contributed by atoms with Crippen molar-refractivity contribution in [2.24, 2.45) is 5.92 Å². The summed E-state index contributed by atoms with van der Waals surface area (Å²) in [6.07, 6.45) is -5.57. The lowest BCUT2D eigenvalue weighted by molar-refractivity contribution is -0.278. The minimum Gasteiger partial charge on any atom is -0.463 e. The van der Waals surface area contributed by atoms with Gasteiger partial charge in [0.15, 0.2) is 9.84 Å². The van der Waals surface area contributed by atoms with E-state index in [4.69, 9.17) is 14.2 Å². The van der Waals surface area contributed by atoms with E-state index in [0.717, 1.165) is 17.4 Å². The number of hydrogen-bond donors (Lipinski definition) is 3. The number of carbonyl (C=O) groups is 1. The third kappa shape index (κ3) is 6.55. The van der Waals surface area contributed by atoms with Crippen LogP contribution in [0, 0.1) is 5.92 Å². The summed E-state index contributed by atoms with van der Waals surface area (Å²) >= 11 is 0. The zero-order valence-corrected chi connectivity index (χ0v) is 20.0. The Labute approximate surface area is 198 Å². The van der Waals surface area contributed by atoms with E-state index in [-0.39, 0.29) is 23.8 Å². The monoisotopic (exact) mass is 494 g/mol. The van der Waals surface area contributed by atoms with Gasteiger partial charge in [0.2, 0.25) is 6.29 Å². The van der Waals surface area contributed by atoms with Crippen LogP contribution in [0.2, 0.25) is 0 Å². The quantitative estimate of drug-likeness (QED) is 0.466. The summed E-state index contributed by atoms with van der Waals surface area (Å²) in [5.74, 6) is -0.0162. The van der Waals surface area contributed by atoms with Gasteiger partial charge in [-0.2, -0.15) is 0 Å². The Balaban J connectivity index is 1.65. The van der Waals surface area contributed by atoms with E-state index in [2.05, 4.69) is 0 Å². The van der Waals surface area contributed by atoms with Crippen molar-refractivity contribution in [2.45, 2.75) is 55.9 Å². The van der Waals surface area contributed by atoms with Crippen LogP contribution in [0.5, 0.6) is 5.75 Å². The van der Waals surface area contributed by atoms with Crippen molar-refractivity contribution in [3.8, 4) is 16.9 Å². The summed E-state index contributed by atoms with van der Waals surface area (Å²) < 4.78 is 39.6. The van der Waals surface area contributed by atoms with Crippen molar-refractivity contribution < 1.29 is 42.7 Å². The smallest absolute Gasteiger partial charge is 0.306 e. The number of hydrogen-bond acceptors (Lipinski definition) is 9. The average molecular weight is 495 g/mol. The van der Waals surface area contributed by atoms with E-state index in [1.165, 1.54) is 12.1 Å². The predicted molar refractivity (Wildman–Crippen MR) is 123 cm³/mol. The SMILES string of the molecule is CC(C)CC(=O)OC[C@H]1O[C@H](Oc2ccc(-c3ccc(S(C)(=O)=O)cc3)cc2)[C@@H](O)[C@@H](O)[C@@H]1O. The van der Waals surface area contributed by atoms with E-state index >= 15 is 0 Å². The van der Waals surface area contributed by atoms with Gasteiger partial charge in [-0.15, -0.1) is 0 Å². The normalized spacial score (nSPS) is 25.2. The molecule has 0 aromatic heterocycles. The largest absolute Gasteiger partial charge is 0.463 e. The van der Waals surface area contributed by atoms with Gasteiger partial charge >= 0.3 is 5.97 Å². The molecule has 34 heavy (non-hydrogen) atoms. The van der Waals surface area contributed by atoms with Gasteiger partial charge in [0.05, 0.1) is 4.90 Å². The van der Waals surface area contributed by atoms with E-state index in [1.807, 2.05) is 13.8 Å². The topological polar surface area (TPSA) is 140 Å². The van der Waals surface area contributed by atoms with E-state index in [9.17, 15) is 28.5 Å². The third-order valence-corrected chi connectivity index (χ3v) is 6.50. The van der Waals surface area contributed by atoms with Crippen molar-refractivity contribution in [1.82, 2.24) is 0 Å². The molecular formula is C24H30O9S. The Morgan fingerprint density at radius 2 is 1.50 bits per heavy atom. The molecular weight excluding hydrogens is 464 g/mol. The predicted octanol–water partition coefficient (Wildman–Crippen LogP) is 1.53. The molecule has 0 bridgehead atoms. The van der Waals surface area contributed by atoms with Crippen molar-refractivity contribution in [2.75, 3.05) is 12.9 Å². The zero-order valence-electron chi connectivity index (χ0n) is 19.2. The van der Waals surface area contributed by atoms with Gasteiger partial charge < -0.3 is 29.5 Å². The standard InChI is InChI=1S/C24H30O9S/c1-14(2)12-20(25)31-13-19-21(26)22(27)23(28)24(33-19)32-17-8-4-15(5-9-17)16-6-10-18(11-7-16)34(3,29)30/h4-11,14,19,21-24,26-28H,12-13H2,1-3H3/t19-,21-,22+,23+,24+/m1/s1. The molecule has 2 aromatic carbocycles. The Hall–Kier alpha value is -2.50. The van der Waals surface area contributed by atoms with Crippen molar-refractivity contribution in [3.05, 3.63) is 48.5 Å². The van der Waals surface area contributed by atoms with E-state index in [1.54, 1.807) is 36.4 Å². The Morgan fingerprint density at radius 1 is 0.941 bits per heavy atom. The molecule has 0 spiro atoms. The van der Waals surface area contributed by atoms with Crippen molar-refractivity contribution >= 4 is 15.8 Å². The highest BCUT2D eigenvalue weighted by Crippen LogP contribution is 2.27. The second-order valence-corrected chi connectivity index (χ2v) is 10.8. The van der Waals surface area contributed by atoms with Crippen LogP contribution in [-0.4, -0.2) is 73.3 Å². The Morgan fingerprint density at radius 3 is 2.03 bits per heavy atom. The summed E-state index contributed by atoms with van der Waals surface area (Å²) in [6.45, 7) is 3.44. The molecule has 186 valence electrons. The maximum absolute atomic E-state index is 11.8. The van der Waals surface area contributed by atoms with Gasteiger partial charge in [0.1, 0.15) is 36.8 Å². The first-order valence-electron chi connectivity index (χ1n) is 10.9. The first kappa shape index (κ1) is 26.1. The second kappa shape index (κ2) is 10.8. The molecule has 5 atom stereocenters. The number of carbonyl (C=O) groups excluding carboxylic acids is 1. The number of aliphatic hydroxyl groups is 3. The lowest BCUT2D eigenvalue weighted by Gasteiger charge is -2.39. The molecule has 10 heteroatoms. The van der Waals surface area contributed by atoms with Gasteiger partial charge in [-0.3, -0.25) is 4.79 Å². The number of aliphatic hydroxyl groups excluding tert-OH is 3. The molecule has 3 N–H and O–H groups in total. The van der Waals surface area contributed by atoms with Crippen LogP contribution in [0.25, 0.3) is 11.1 Å². The molecule has 1 heterocycles. The summed E-state index contributed by atoms with van der Waals surface area (Å²) in [5.41, 5.74) is 1.61. The van der Waals surface area contributed by atoms with Crippen LogP contribution >= 0.6 is 0 Å². The van der Waals surface area contributed by atoms with E-state index < -0.39 is 46.5 Å². The number of rotatable bonds is 8. The minimum atomic E-state index is -3.28. The zero-order chi connectivity index (χ0) is 25.0. The third-order valence-electron chi connectivity index (χ3n) is 5.37. The summed E-state index contributed by atoms with van der Waals surface area (Å²) in [6, 6.07) is 13.2. The highest BCUT2D eigenvalue weighted by Gasteiger charge is 2.45. The number of esters is 1. The Bertz CT molecular complexity index is 1060. The molecule has 0 amide bonds. The molecule has 0 saturated carbocycles. The van der Waals surface area contributed by atoms with Crippen LogP contribution in [0.3, 0.4) is 0 Å². The fourth-order valence-corrected chi connectivity index (χ4v) is 4.10. The maximum Gasteiger partial charge on any atom is 0.306 e. The maximum atomic E-state index is 11.8. The molecule has 1 saturated heterocycles. The number of benzene rings is 2. The molecule has 2 aromatic rings. The number of ether oxygens (including phenoxy) is 3. The molecule has 3 rings (SSSR count). The van der Waals surface area contributed by atoms with Crippen molar-refractivity contribution in [1.29, 1.82) is 0 Å². The highest BCUT2D eigenvalue weighted by molar-refractivity contribution is 7.90. The van der Waals surface area contributed by atoms with Crippen LogP contribution < -0.4 is 4.74 Å². The van der Waals surface area contributed by atoms with Crippen LogP contribution in [0.1, 0.15) is 20.3 Å². The van der Waals surface area contributed by atoms with Gasteiger partial charge in [0.25, 0.3) is 0 Å². The molecule has 0 unspecified atom stereocenters. The van der Waals surface area contributed by atoms with Crippen LogP contribution in [-0.2, 0) is 24.1 Å². The van der Waals surface area contributed by atoms with Gasteiger partial charge in [-0.1, -0.05) is 38.1 Å². The molecule has 1 fully saturated rings. The minimum absolute atomic E-state index is 0.105. The first-order valence-corrected chi connectivity index (χ1v) is 12.8. The first-order chi connectivity index (χ1) is 16.0. The highest BCUT2D eigenvalue weighted by atomic mass is 32.2. The average Bonchev–Trinajstić information content (AvgIpc) is 2.78. The van der Waals surface area contributed by atoms with Gasteiger partial charge in [-0.05, 0) is 41.3 Å². The lowest BCUT2D eigenvalue weighted by Crippen LogP contribution is -2.60. The summed E-state index contributed by atoms with van der Waals surface area (Å²) in [7, 11) is -3.28. The van der Waals surface area contributed by atoms with Crippen LogP contribution in [0.15, 0.2) is 53.4 Å². The molecule has 0 aliphatic carbocycles. The Kier molecular flexibility index (Phi) is 8.32. The lowest BCUT2D eigenvalue weighted by atomic mass is 9.99. The fourth-order valence-electron chi connectivity index (χ4n) is 3.47. The van der Waals surface area contributed by atoms with E-state index in [0.29, 0.717) is 5.75 Å². The summed E-state index contributed by atoms with van der Waals surface area (Å²) in [4.78, 5) is 12.0. The fraction of sp³-hybridized carbons (Fsp3) is 0.458. The van der Waals surface area contributed by atoms with Crippen molar-refractivity contribution in [3.63, 3.8) is 0 Å². The van der Waals surface area contributed by atoms with Gasteiger partial charge in [0, 0.05) is 12.7 Å². The molecule has 1 aliphatic heterocycles. The molecule has 9 nitrogen and oxygen atoms in total. The summed E-state index contributed by atoms with van der Waals surface area (Å²) in [5, 5.41) is 30.7. The number of sulfone groups is 1. The molecule has 1 aliphatic rings. The van der Waals surface area contributed by atoms with Crippen LogP contribution in [0.4, 0.5) is 0 Å². The second-order valence-electron chi connectivity index (χ2n) is 8.73.